The van der Waals surface area contributed by atoms with Crippen LogP contribution in [0.25, 0.3) is 21.5 Å². The van der Waals surface area contributed by atoms with Gasteiger partial charge in [-0.15, -0.1) is 11.3 Å². The number of rotatable bonds is 3. The lowest BCUT2D eigenvalue weighted by Crippen LogP contribution is -1.90. The van der Waals surface area contributed by atoms with Gasteiger partial charge in [-0.05, 0) is 23.6 Å². The van der Waals surface area contributed by atoms with E-state index < -0.39 is 0 Å². The molecule has 0 radical (unpaired) electrons. The molecule has 4 nitrogen and oxygen atoms in total. The smallest absolute Gasteiger partial charge is 0.213 e. The highest BCUT2D eigenvalue weighted by molar-refractivity contribution is 7.13. The lowest BCUT2D eigenvalue weighted by Gasteiger charge is -2.06. The van der Waals surface area contributed by atoms with Crippen molar-refractivity contribution in [3.05, 3.63) is 29.6 Å². The monoisotopic (exact) mass is 261 g/mol. The number of fused-ring (bicyclic) bond motifs is 1. The number of hydrogen-bond donors (Lipinski definition) is 0. The molecule has 0 aliphatic heterocycles. The van der Waals surface area contributed by atoms with Crippen LogP contribution >= 0.6 is 11.3 Å². The molecule has 0 aliphatic rings. The Labute approximate surface area is 108 Å². The predicted molar refractivity (Wildman–Crippen MR) is 70.4 cm³/mol. The molecular formula is C13H11NO3S. The van der Waals surface area contributed by atoms with Gasteiger partial charge < -0.3 is 14.0 Å². The lowest BCUT2D eigenvalue weighted by atomic mass is 10.1. The topological polar surface area (TPSA) is 44.5 Å². The van der Waals surface area contributed by atoms with Crippen LogP contribution in [-0.4, -0.2) is 19.4 Å². The Hall–Kier alpha value is -2.01. The van der Waals surface area contributed by atoms with E-state index in [2.05, 4.69) is 5.16 Å². The van der Waals surface area contributed by atoms with Crippen molar-refractivity contribution in [3.8, 4) is 22.1 Å². The molecule has 0 fully saturated rings. The number of thiophene rings is 1. The van der Waals surface area contributed by atoms with Gasteiger partial charge in [0, 0.05) is 0 Å². The Morgan fingerprint density at radius 3 is 2.72 bits per heavy atom. The first-order valence-electron chi connectivity index (χ1n) is 5.39. The normalized spacial score (nSPS) is 10.8. The summed E-state index contributed by atoms with van der Waals surface area (Å²) in [5.41, 5.74) is 1.45. The third kappa shape index (κ3) is 1.55. The minimum absolute atomic E-state index is 0.574. The van der Waals surface area contributed by atoms with E-state index in [0.717, 1.165) is 16.0 Å². The van der Waals surface area contributed by atoms with Gasteiger partial charge in [-0.25, -0.2) is 0 Å². The molecule has 0 N–H and O–H groups in total. The average Bonchev–Trinajstić information content (AvgIpc) is 3.05. The van der Waals surface area contributed by atoms with Crippen LogP contribution in [0.5, 0.6) is 11.5 Å². The van der Waals surface area contributed by atoms with Crippen molar-refractivity contribution in [3.63, 3.8) is 0 Å². The van der Waals surface area contributed by atoms with Gasteiger partial charge in [-0.3, -0.25) is 0 Å². The lowest BCUT2D eigenvalue weighted by molar-refractivity contribution is 0.348. The standard InChI is InChI=1S/C13H11NO3S/c1-15-9-6-5-8-11(10-4-3-7-18-10)14-17-12(8)13(9)16-2/h3-7H,1-2H3. The molecular weight excluding hydrogens is 250 g/mol. The van der Waals surface area contributed by atoms with Crippen LogP contribution in [0.2, 0.25) is 0 Å². The highest BCUT2D eigenvalue weighted by Gasteiger charge is 2.18. The van der Waals surface area contributed by atoms with E-state index in [1.165, 1.54) is 0 Å². The summed E-state index contributed by atoms with van der Waals surface area (Å²) in [5, 5.41) is 7.06. The summed E-state index contributed by atoms with van der Waals surface area (Å²) in [6.45, 7) is 0. The van der Waals surface area contributed by atoms with E-state index in [9.17, 15) is 0 Å². The largest absolute Gasteiger partial charge is 0.493 e. The fourth-order valence-electron chi connectivity index (χ4n) is 1.91. The number of ether oxygens (including phenoxy) is 2. The van der Waals surface area contributed by atoms with Gasteiger partial charge in [0.1, 0.15) is 5.69 Å². The van der Waals surface area contributed by atoms with Gasteiger partial charge in [0.15, 0.2) is 5.75 Å². The van der Waals surface area contributed by atoms with Crippen LogP contribution in [0.3, 0.4) is 0 Å². The quantitative estimate of drug-likeness (QED) is 0.723. The van der Waals surface area contributed by atoms with E-state index in [-0.39, 0.29) is 0 Å². The number of nitrogens with zero attached hydrogens (tertiary/aromatic N) is 1. The molecule has 0 spiro atoms. The first-order chi connectivity index (χ1) is 8.85. The zero-order chi connectivity index (χ0) is 12.5. The van der Waals surface area contributed by atoms with Crippen molar-refractivity contribution in [2.45, 2.75) is 0 Å². The Balaban J connectivity index is 2.27. The molecule has 2 heterocycles. The zero-order valence-electron chi connectivity index (χ0n) is 9.97. The second-order valence-corrected chi connectivity index (χ2v) is 4.63. The summed E-state index contributed by atoms with van der Waals surface area (Å²) in [6.07, 6.45) is 0. The fraction of sp³-hybridized carbons (Fsp3) is 0.154. The molecule has 18 heavy (non-hydrogen) atoms. The van der Waals surface area contributed by atoms with Gasteiger partial charge in [-0.1, -0.05) is 11.2 Å². The maximum Gasteiger partial charge on any atom is 0.213 e. The summed E-state index contributed by atoms with van der Waals surface area (Å²) in [5.74, 6) is 1.21. The Bertz CT molecular complexity index is 673. The first-order valence-corrected chi connectivity index (χ1v) is 6.27. The molecule has 0 saturated carbocycles. The Morgan fingerprint density at radius 2 is 2.06 bits per heavy atom. The van der Waals surface area contributed by atoms with Crippen molar-refractivity contribution in [2.24, 2.45) is 0 Å². The predicted octanol–water partition coefficient (Wildman–Crippen LogP) is 3.57. The third-order valence-electron chi connectivity index (χ3n) is 2.74. The van der Waals surface area contributed by atoms with Crippen molar-refractivity contribution in [2.75, 3.05) is 14.2 Å². The fourth-order valence-corrected chi connectivity index (χ4v) is 2.63. The minimum Gasteiger partial charge on any atom is -0.493 e. The van der Waals surface area contributed by atoms with Crippen LogP contribution < -0.4 is 9.47 Å². The van der Waals surface area contributed by atoms with Crippen molar-refractivity contribution < 1.29 is 14.0 Å². The van der Waals surface area contributed by atoms with E-state index in [1.807, 2.05) is 29.6 Å². The molecule has 0 atom stereocenters. The summed E-state index contributed by atoms with van der Waals surface area (Å²) in [4.78, 5) is 1.07. The molecule has 0 unspecified atom stereocenters. The molecule has 2 aromatic heterocycles. The van der Waals surface area contributed by atoms with Gasteiger partial charge >= 0.3 is 0 Å². The summed E-state index contributed by atoms with van der Waals surface area (Å²) >= 11 is 1.62. The second kappa shape index (κ2) is 4.34. The summed E-state index contributed by atoms with van der Waals surface area (Å²) < 4.78 is 15.9. The third-order valence-corrected chi connectivity index (χ3v) is 3.61. The highest BCUT2D eigenvalue weighted by Crippen LogP contribution is 2.40. The van der Waals surface area contributed by atoms with E-state index in [0.29, 0.717) is 17.1 Å². The number of benzene rings is 1. The number of methoxy groups -OCH3 is 2. The maximum absolute atomic E-state index is 5.39. The highest BCUT2D eigenvalue weighted by atomic mass is 32.1. The molecule has 92 valence electrons. The van der Waals surface area contributed by atoms with Crippen LogP contribution in [0.4, 0.5) is 0 Å². The van der Waals surface area contributed by atoms with E-state index in [4.69, 9.17) is 14.0 Å². The van der Waals surface area contributed by atoms with Crippen molar-refractivity contribution in [1.29, 1.82) is 0 Å². The van der Waals surface area contributed by atoms with Crippen LogP contribution in [-0.2, 0) is 0 Å². The van der Waals surface area contributed by atoms with Gasteiger partial charge in [0.2, 0.25) is 11.3 Å². The number of hydrogen-bond acceptors (Lipinski definition) is 5. The molecule has 5 heteroatoms. The van der Waals surface area contributed by atoms with Crippen molar-refractivity contribution >= 4 is 22.3 Å². The van der Waals surface area contributed by atoms with Gasteiger partial charge in [-0.2, -0.15) is 0 Å². The van der Waals surface area contributed by atoms with Crippen LogP contribution in [0.15, 0.2) is 34.2 Å². The zero-order valence-corrected chi connectivity index (χ0v) is 10.8. The molecule has 0 saturated heterocycles. The Kier molecular flexibility index (Phi) is 2.68. The SMILES string of the molecule is COc1ccc2c(-c3cccs3)noc2c1OC. The molecule has 3 rings (SSSR count). The average molecular weight is 261 g/mol. The van der Waals surface area contributed by atoms with Crippen LogP contribution in [0, 0.1) is 0 Å². The molecule has 1 aromatic carbocycles. The molecule has 0 bridgehead atoms. The maximum atomic E-state index is 5.39. The minimum atomic E-state index is 0.574. The van der Waals surface area contributed by atoms with Gasteiger partial charge in [0.05, 0.1) is 24.5 Å². The Morgan fingerprint density at radius 1 is 1.17 bits per heavy atom. The summed E-state index contributed by atoms with van der Waals surface area (Å²) in [7, 11) is 3.19. The second-order valence-electron chi connectivity index (χ2n) is 3.69. The van der Waals surface area contributed by atoms with Crippen LogP contribution in [0.1, 0.15) is 0 Å². The first kappa shape index (κ1) is 11.1. The van der Waals surface area contributed by atoms with E-state index >= 15 is 0 Å². The summed E-state index contributed by atoms with van der Waals surface area (Å²) in [6, 6.07) is 7.79. The molecule has 0 amide bonds. The van der Waals surface area contributed by atoms with E-state index in [1.54, 1.807) is 25.6 Å². The van der Waals surface area contributed by atoms with Crippen molar-refractivity contribution in [1.82, 2.24) is 5.16 Å². The molecule has 3 aromatic rings. The number of aromatic nitrogens is 1. The molecule has 0 aliphatic carbocycles. The van der Waals surface area contributed by atoms with Gasteiger partial charge in [0.25, 0.3) is 0 Å².